The second-order valence-electron chi connectivity index (χ2n) is 6.44. The first-order valence-corrected chi connectivity index (χ1v) is 9.32. The van der Waals surface area contributed by atoms with Crippen molar-refractivity contribution in [3.63, 3.8) is 0 Å². The summed E-state index contributed by atoms with van der Waals surface area (Å²) in [5.74, 6) is 0.416. The van der Waals surface area contributed by atoms with Crippen molar-refractivity contribution in [3.05, 3.63) is 11.4 Å². The van der Waals surface area contributed by atoms with Gasteiger partial charge < -0.3 is 4.74 Å². The zero-order valence-corrected chi connectivity index (χ0v) is 15.0. The van der Waals surface area contributed by atoms with E-state index in [1.165, 1.54) is 0 Å². The zero-order valence-electron chi connectivity index (χ0n) is 14.2. The van der Waals surface area contributed by atoms with Gasteiger partial charge in [-0.3, -0.25) is 4.68 Å². The third-order valence-corrected chi connectivity index (χ3v) is 6.31. The Morgan fingerprint density at radius 2 is 2.00 bits per heavy atom. The van der Waals surface area contributed by atoms with Crippen molar-refractivity contribution in [1.29, 1.82) is 0 Å². The van der Waals surface area contributed by atoms with E-state index in [0.717, 1.165) is 18.7 Å². The molecule has 1 fully saturated rings. The Hall–Kier alpha value is -0.920. The van der Waals surface area contributed by atoms with Gasteiger partial charge in [0.1, 0.15) is 4.90 Å². The molecule has 1 aromatic rings. The number of hydrogen-bond acceptors (Lipinski definition) is 4. The van der Waals surface area contributed by atoms with E-state index in [0.29, 0.717) is 36.3 Å². The van der Waals surface area contributed by atoms with Crippen molar-refractivity contribution in [2.75, 3.05) is 19.8 Å². The standard InChI is InChI=1S/C15H27N3O3S/c1-11(2)10-17-14(5)15(13(4)16-17)22(19,20)18-7-9-21-8-6-12(18)3/h11-12H,6-10H2,1-5H3/t12-/m1/s1. The molecule has 1 aliphatic heterocycles. The molecule has 2 rings (SSSR count). The molecule has 0 spiro atoms. The molecule has 1 atom stereocenters. The van der Waals surface area contributed by atoms with Crippen LogP contribution in [0.25, 0.3) is 0 Å². The van der Waals surface area contributed by atoms with Crippen LogP contribution >= 0.6 is 0 Å². The van der Waals surface area contributed by atoms with Gasteiger partial charge in [0.2, 0.25) is 10.0 Å². The van der Waals surface area contributed by atoms with Crippen molar-refractivity contribution in [2.45, 2.75) is 58.5 Å². The summed E-state index contributed by atoms with van der Waals surface area (Å²) in [6, 6.07) is -0.0558. The van der Waals surface area contributed by atoms with Gasteiger partial charge in [-0.05, 0) is 33.1 Å². The lowest BCUT2D eigenvalue weighted by Crippen LogP contribution is -2.39. The first kappa shape index (κ1) is 17.4. The lowest BCUT2D eigenvalue weighted by molar-refractivity contribution is 0.148. The topological polar surface area (TPSA) is 64.4 Å². The monoisotopic (exact) mass is 329 g/mol. The molecule has 6 nitrogen and oxygen atoms in total. The minimum Gasteiger partial charge on any atom is -0.380 e. The largest absolute Gasteiger partial charge is 0.380 e. The predicted molar refractivity (Wildman–Crippen MR) is 85.3 cm³/mol. The fourth-order valence-electron chi connectivity index (χ4n) is 2.93. The van der Waals surface area contributed by atoms with E-state index >= 15 is 0 Å². The molecular formula is C15H27N3O3S. The van der Waals surface area contributed by atoms with Crippen molar-refractivity contribution in [1.82, 2.24) is 14.1 Å². The van der Waals surface area contributed by atoms with E-state index in [-0.39, 0.29) is 6.04 Å². The van der Waals surface area contributed by atoms with E-state index in [2.05, 4.69) is 18.9 Å². The fraction of sp³-hybridized carbons (Fsp3) is 0.800. The molecule has 0 aliphatic carbocycles. The summed E-state index contributed by atoms with van der Waals surface area (Å²) in [5, 5.41) is 4.44. The maximum Gasteiger partial charge on any atom is 0.247 e. The Kier molecular flexibility index (Phi) is 5.29. The molecular weight excluding hydrogens is 302 g/mol. The molecule has 2 heterocycles. The summed E-state index contributed by atoms with van der Waals surface area (Å²) in [7, 11) is -3.54. The molecule has 1 saturated heterocycles. The number of sulfonamides is 1. The lowest BCUT2D eigenvalue weighted by atomic mass is 10.2. The quantitative estimate of drug-likeness (QED) is 0.847. The van der Waals surface area contributed by atoms with Crippen LogP contribution in [0.5, 0.6) is 0 Å². The van der Waals surface area contributed by atoms with Gasteiger partial charge in [-0.25, -0.2) is 8.42 Å². The van der Waals surface area contributed by atoms with Gasteiger partial charge in [0.15, 0.2) is 0 Å². The number of rotatable bonds is 4. The highest BCUT2D eigenvalue weighted by Crippen LogP contribution is 2.27. The summed E-state index contributed by atoms with van der Waals surface area (Å²) in [4.78, 5) is 0.363. The molecule has 0 unspecified atom stereocenters. The van der Waals surface area contributed by atoms with Crippen LogP contribution in [0.2, 0.25) is 0 Å². The number of ether oxygens (including phenoxy) is 1. The maximum absolute atomic E-state index is 13.1. The molecule has 0 saturated carbocycles. The van der Waals surface area contributed by atoms with Crippen LogP contribution in [-0.2, 0) is 21.3 Å². The molecule has 1 aliphatic rings. The summed E-state index contributed by atoms with van der Waals surface area (Å²) in [6.45, 7) is 11.9. The highest BCUT2D eigenvalue weighted by atomic mass is 32.2. The van der Waals surface area contributed by atoms with E-state index < -0.39 is 10.0 Å². The molecule has 0 amide bonds. The second-order valence-corrected chi connectivity index (χ2v) is 8.27. The van der Waals surface area contributed by atoms with Crippen molar-refractivity contribution in [2.24, 2.45) is 5.92 Å². The minimum absolute atomic E-state index is 0.0558. The Morgan fingerprint density at radius 3 is 2.64 bits per heavy atom. The Labute approximate surface area is 133 Å². The molecule has 126 valence electrons. The molecule has 7 heteroatoms. The summed E-state index contributed by atoms with van der Waals surface area (Å²) < 4.78 is 35.0. The molecule has 1 aromatic heterocycles. The van der Waals surface area contributed by atoms with Gasteiger partial charge in [0.05, 0.1) is 18.0 Å². The van der Waals surface area contributed by atoms with E-state index in [4.69, 9.17) is 4.74 Å². The van der Waals surface area contributed by atoms with Crippen molar-refractivity contribution < 1.29 is 13.2 Å². The number of aryl methyl sites for hydroxylation is 1. The maximum atomic E-state index is 13.1. The number of aromatic nitrogens is 2. The SMILES string of the molecule is Cc1nn(CC(C)C)c(C)c1S(=O)(=O)N1CCOCC[C@H]1C. The van der Waals surface area contributed by atoms with Gasteiger partial charge in [-0.15, -0.1) is 0 Å². The van der Waals surface area contributed by atoms with Crippen molar-refractivity contribution in [3.8, 4) is 0 Å². The smallest absolute Gasteiger partial charge is 0.247 e. The summed E-state index contributed by atoms with van der Waals surface area (Å²) in [5.41, 5.74) is 1.30. The van der Waals surface area contributed by atoms with Crippen LogP contribution in [0.3, 0.4) is 0 Å². The van der Waals surface area contributed by atoms with Gasteiger partial charge >= 0.3 is 0 Å². The lowest BCUT2D eigenvalue weighted by Gasteiger charge is -2.25. The van der Waals surface area contributed by atoms with Crippen LogP contribution < -0.4 is 0 Å². The predicted octanol–water partition coefficient (Wildman–Crippen LogP) is 1.96. The van der Waals surface area contributed by atoms with Gasteiger partial charge in [0, 0.05) is 25.7 Å². The fourth-order valence-corrected chi connectivity index (χ4v) is 4.95. The zero-order chi connectivity index (χ0) is 16.5. The molecule has 0 bridgehead atoms. The third-order valence-electron chi connectivity index (χ3n) is 4.05. The second kappa shape index (κ2) is 6.68. The summed E-state index contributed by atoms with van der Waals surface area (Å²) >= 11 is 0. The normalized spacial score (nSPS) is 21.3. The summed E-state index contributed by atoms with van der Waals surface area (Å²) in [6.07, 6.45) is 0.720. The van der Waals surface area contributed by atoms with Gasteiger partial charge in [-0.2, -0.15) is 9.40 Å². The first-order valence-electron chi connectivity index (χ1n) is 7.88. The Balaban J connectivity index is 2.42. The highest BCUT2D eigenvalue weighted by Gasteiger charge is 2.34. The van der Waals surface area contributed by atoms with Crippen LogP contribution in [0.4, 0.5) is 0 Å². The first-order chi connectivity index (χ1) is 10.2. The molecule has 0 radical (unpaired) electrons. The number of nitrogens with zero attached hydrogens (tertiary/aromatic N) is 3. The highest BCUT2D eigenvalue weighted by molar-refractivity contribution is 7.89. The average Bonchev–Trinajstić information content (AvgIpc) is 2.58. The van der Waals surface area contributed by atoms with Crippen molar-refractivity contribution >= 4 is 10.0 Å². The minimum atomic E-state index is -3.54. The van der Waals surface area contributed by atoms with Gasteiger partial charge in [0.25, 0.3) is 0 Å². The molecule has 22 heavy (non-hydrogen) atoms. The van der Waals surface area contributed by atoms with E-state index in [9.17, 15) is 8.42 Å². The van der Waals surface area contributed by atoms with E-state index in [1.54, 1.807) is 11.2 Å². The third kappa shape index (κ3) is 3.36. The van der Waals surface area contributed by atoms with Crippen LogP contribution in [-0.4, -0.2) is 48.3 Å². The average molecular weight is 329 g/mol. The Bertz CT molecular complexity index is 622. The van der Waals surface area contributed by atoms with Crippen LogP contribution in [0.1, 0.15) is 38.6 Å². The van der Waals surface area contributed by atoms with E-state index in [1.807, 2.05) is 18.5 Å². The Morgan fingerprint density at radius 1 is 1.32 bits per heavy atom. The van der Waals surface area contributed by atoms with Gasteiger partial charge in [-0.1, -0.05) is 13.8 Å². The molecule has 0 N–H and O–H groups in total. The number of hydrogen-bond donors (Lipinski definition) is 0. The van der Waals surface area contributed by atoms with Crippen LogP contribution in [0, 0.1) is 19.8 Å². The van der Waals surface area contributed by atoms with Crippen LogP contribution in [0.15, 0.2) is 4.90 Å². The molecule has 0 aromatic carbocycles.